The first-order valence-electron chi connectivity index (χ1n) is 10.7. The fourth-order valence-corrected chi connectivity index (χ4v) is 4.21. The van der Waals surface area contributed by atoms with E-state index < -0.39 is 75.9 Å². The van der Waals surface area contributed by atoms with E-state index in [1.165, 1.54) is 6.92 Å². The molecule has 0 aliphatic carbocycles. The van der Waals surface area contributed by atoms with Crippen LogP contribution in [-0.2, 0) is 28.1 Å². The molecule has 1 amide bonds. The van der Waals surface area contributed by atoms with Crippen LogP contribution in [0.1, 0.15) is 47.1 Å². The van der Waals surface area contributed by atoms with Crippen molar-refractivity contribution in [1.29, 1.82) is 0 Å². The topological polar surface area (TPSA) is 66.8 Å². The molecule has 0 radical (unpaired) electrons. The minimum absolute atomic E-state index is 0.000542. The third-order valence-corrected chi connectivity index (χ3v) is 5.91. The van der Waals surface area contributed by atoms with Crippen molar-refractivity contribution in [3.05, 3.63) is 70.3 Å². The molecule has 2 aromatic carbocycles. The fourth-order valence-electron chi connectivity index (χ4n) is 4.21. The van der Waals surface area contributed by atoms with Crippen LogP contribution in [-0.4, -0.2) is 30.3 Å². The zero-order valence-electron chi connectivity index (χ0n) is 19.4. The standard InChI is InChI=1S/C24H18F9NO4/c1-3-15-10-17(16-9-12(22(25,26)27)4-5-18(16)34(15)21(36)37)19(20(35)38-2)11-6-13(23(28,29)30)8-14(7-11)24(31,32)33/h4-10,15,19H,3H2,1-2H3,(H,36,37)/t15-,19+/m1/s1. The van der Waals surface area contributed by atoms with E-state index in [0.29, 0.717) is 17.0 Å². The van der Waals surface area contributed by atoms with E-state index in [4.69, 9.17) is 0 Å². The molecule has 1 N–H and O–H groups in total. The molecule has 0 bridgehead atoms. The number of halogens is 9. The number of hydrogen-bond acceptors (Lipinski definition) is 3. The van der Waals surface area contributed by atoms with Crippen molar-refractivity contribution in [2.75, 3.05) is 12.0 Å². The largest absolute Gasteiger partial charge is 0.468 e. The number of esters is 1. The number of amides is 1. The van der Waals surface area contributed by atoms with E-state index in [2.05, 4.69) is 4.74 Å². The molecule has 2 atom stereocenters. The minimum Gasteiger partial charge on any atom is -0.468 e. The summed E-state index contributed by atoms with van der Waals surface area (Å²) in [4.78, 5) is 25.5. The predicted molar refractivity (Wildman–Crippen MR) is 115 cm³/mol. The van der Waals surface area contributed by atoms with Crippen LogP contribution < -0.4 is 4.90 Å². The van der Waals surface area contributed by atoms with Crippen LogP contribution in [0.4, 0.5) is 50.0 Å². The Kier molecular flexibility index (Phi) is 7.50. The summed E-state index contributed by atoms with van der Waals surface area (Å²) in [5, 5.41) is 9.70. The fraction of sp³-hybridized carbons (Fsp3) is 0.333. The molecule has 1 aliphatic rings. The highest BCUT2D eigenvalue weighted by Gasteiger charge is 2.42. The summed E-state index contributed by atoms with van der Waals surface area (Å²) < 4.78 is 126. The van der Waals surface area contributed by atoms with Crippen molar-refractivity contribution in [1.82, 2.24) is 0 Å². The summed E-state index contributed by atoms with van der Waals surface area (Å²) in [6.07, 6.45) is -16.0. The van der Waals surface area contributed by atoms with Gasteiger partial charge in [-0.3, -0.25) is 9.69 Å². The van der Waals surface area contributed by atoms with Crippen molar-refractivity contribution in [2.45, 2.75) is 43.8 Å². The van der Waals surface area contributed by atoms with Gasteiger partial charge in [-0.2, -0.15) is 39.5 Å². The summed E-state index contributed by atoms with van der Waals surface area (Å²) in [7, 11) is 0.797. The third-order valence-electron chi connectivity index (χ3n) is 5.91. The quantitative estimate of drug-likeness (QED) is 0.316. The number of methoxy groups -OCH3 is 1. The predicted octanol–water partition coefficient (Wildman–Crippen LogP) is 7.36. The van der Waals surface area contributed by atoms with Gasteiger partial charge in [0.05, 0.1) is 35.5 Å². The van der Waals surface area contributed by atoms with Gasteiger partial charge >= 0.3 is 30.6 Å². The zero-order valence-corrected chi connectivity index (χ0v) is 19.4. The number of ether oxygens (including phenoxy) is 1. The van der Waals surface area contributed by atoms with Crippen LogP contribution in [0.5, 0.6) is 0 Å². The van der Waals surface area contributed by atoms with E-state index in [-0.39, 0.29) is 30.3 Å². The summed E-state index contributed by atoms with van der Waals surface area (Å²) in [5.41, 5.74) is -6.94. The Hall–Kier alpha value is -3.71. The maximum atomic E-state index is 13.5. The average Bonchev–Trinajstić information content (AvgIpc) is 2.81. The van der Waals surface area contributed by atoms with Gasteiger partial charge in [-0.15, -0.1) is 0 Å². The normalized spacial score (nSPS) is 17.0. The molecule has 0 aromatic heterocycles. The van der Waals surface area contributed by atoms with Gasteiger partial charge in [0.15, 0.2) is 0 Å². The molecular weight excluding hydrogens is 537 g/mol. The molecular formula is C24H18F9NO4. The number of rotatable bonds is 4. The number of hydrogen-bond donors (Lipinski definition) is 1. The monoisotopic (exact) mass is 555 g/mol. The SMILES string of the molecule is CC[C@@H]1C=C([C@@H](C(=O)OC)c2cc(C(F)(F)F)cc(C(F)(F)F)c2)c2cc(C(F)(F)F)ccc2N1C(=O)O. The van der Waals surface area contributed by atoms with Gasteiger partial charge in [0.2, 0.25) is 0 Å². The first-order valence-corrected chi connectivity index (χ1v) is 10.7. The highest BCUT2D eigenvalue weighted by Crippen LogP contribution is 2.47. The van der Waals surface area contributed by atoms with Gasteiger partial charge in [-0.25, -0.2) is 4.79 Å². The number of benzene rings is 2. The molecule has 14 heteroatoms. The van der Waals surface area contributed by atoms with Crippen molar-refractivity contribution < 1.29 is 58.9 Å². The smallest absolute Gasteiger partial charge is 0.416 e. The zero-order chi connectivity index (χ0) is 28.8. The van der Waals surface area contributed by atoms with E-state index in [9.17, 15) is 54.2 Å². The number of carbonyl (C=O) groups is 2. The lowest BCUT2D eigenvalue weighted by atomic mass is 9.80. The first-order chi connectivity index (χ1) is 17.4. The number of carboxylic acid groups (broad SMARTS) is 1. The minimum atomic E-state index is -5.27. The lowest BCUT2D eigenvalue weighted by molar-refractivity contribution is -0.144. The number of fused-ring (bicyclic) bond motifs is 1. The molecule has 38 heavy (non-hydrogen) atoms. The summed E-state index contributed by atoms with van der Waals surface area (Å²) >= 11 is 0. The molecule has 0 fully saturated rings. The Balaban J connectivity index is 2.41. The second kappa shape index (κ2) is 9.87. The Bertz CT molecular complexity index is 1250. The van der Waals surface area contributed by atoms with Gasteiger partial charge in [-0.05, 0) is 54.0 Å². The molecule has 1 heterocycles. The van der Waals surface area contributed by atoms with Crippen molar-refractivity contribution in [2.24, 2.45) is 0 Å². The second-order valence-electron chi connectivity index (χ2n) is 8.28. The van der Waals surface area contributed by atoms with E-state index in [1.54, 1.807) is 0 Å². The van der Waals surface area contributed by atoms with Crippen LogP contribution in [0.2, 0.25) is 0 Å². The first kappa shape index (κ1) is 28.9. The second-order valence-corrected chi connectivity index (χ2v) is 8.28. The lowest BCUT2D eigenvalue weighted by Gasteiger charge is -2.36. The third kappa shape index (κ3) is 5.58. The Morgan fingerprint density at radius 2 is 1.42 bits per heavy atom. The molecule has 0 spiro atoms. The summed E-state index contributed by atoms with van der Waals surface area (Å²) in [5.74, 6) is -3.43. The highest BCUT2D eigenvalue weighted by atomic mass is 19.4. The van der Waals surface area contributed by atoms with Gasteiger partial charge in [0, 0.05) is 5.56 Å². The molecule has 5 nitrogen and oxygen atoms in total. The van der Waals surface area contributed by atoms with Gasteiger partial charge in [0.1, 0.15) is 5.92 Å². The molecule has 0 saturated carbocycles. The van der Waals surface area contributed by atoms with Gasteiger partial charge in [-0.1, -0.05) is 13.0 Å². The van der Waals surface area contributed by atoms with Crippen molar-refractivity contribution >= 4 is 23.3 Å². The van der Waals surface area contributed by atoms with Crippen LogP contribution in [0.3, 0.4) is 0 Å². The Morgan fingerprint density at radius 1 is 0.895 bits per heavy atom. The number of carbonyl (C=O) groups excluding carboxylic acids is 1. The van der Waals surface area contributed by atoms with Gasteiger partial charge < -0.3 is 9.84 Å². The maximum Gasteiger partial charge on any atom is 0.416 e. The van der Waals surface area contributed by atoms with E-state index in [0.717, 1.165) is 19.3 Å². The molecule has 2 aromatic rings. The molecule has 0 saturated heterocycles. The Morgan fingerprint density at radius 3 is 1.84 bits per heavy atom. The lowest BCUT2D eigenvalue weighted by Crippen LogP contribution is -2.41. The number of nitrogens with zero attached hydrogens (tertiary/aromatic N) is 1. The van der Waals surface area contributed by atoms with Crippen molar-refractivity contribution in [3.8, 4) is 0 Å². The average molecular weight is 555 g/mol. The summed E-state index contributed by atoms with van der Waals surface area (Å²) in [6, 6.07) is 1.13. The van der Waals surface area contributed by atoms with E-state index >= 15 is 0 Å². The molecule has 206 valence electrons. The maximum absolute atomic E-state index is 13.5. The number of anilines is 1. The van der Waals surface area contributed by atoms with Crippen LogP contribution in [0.25, 0.3) is 5.57 Å². The van der Waals surface area contributed by atoms with Gasteiger partial charge in [0.25, 0.3) is 0 Å². The summed E-state index contributed by atoms with van der Waals surface area (Å²) in [6.45, 7) is 1.49. The molecule has 1 aliphatic heterocycles. The van der Waals surface area contributed by atoms with E-state index in [1.807, 2.05) is 0 Å². The molecule has 0 unspecified atom stereocenters. The Labute approximate surface area is 209 Å². The van der Waals surface area contributed by atoms with Crippen LogP contribution >= 0.6 is 0 Å². The highest BCUT2D eigenvalue weighted by molar-refractivity contribution is 6.02. The molecule has 3 rings (SSSR count). The number of alkyl halides is 9. The van der Waals surface area contributed by atoms with Crippen molar-refractivity contribution in [3.63, 3.8) is 0 Å². The van der Waals surface area contributed by atoms with Crippen LogP contribution in [0.15, 0.2) is 42.5 Å². The van der Waals surface area contributed by atoms with Crippen LogP contribution in [0, 0.1) is 0 Å².